The van der Waals surface area contributed by atoms with E-state index in [9.17, 15) is 13.5 Å². The fraction of sp³-hybridized carbons (Fsp3) is 0.625. The number of aliphatic hydroxyl groups is 1. The summed E-state index contributed by atoms with van der Waals surface area (Å²) in [6.45, 7) is 0.552. The first kappa shape index (κ1) is 16.5. The molecule has 0 aliphatic heterocycles. The molecule has 21 heavy (non-hydrogen) atoms. The molecule has 0 bridgehead atoms. The molecule has 0 radical (unpaired) electrons. The van der Waals surface area contributed by atoms with Crippen LogP contribution >= 0.6 is 0 Å². The van der Waals surface area contributed by atoms with Crippen molar-refractivity contribution in [1.82, 2.24) is 0 Å². The quantitative estimate of drug-likeness (QED) is 0.907. The largest absolute Gasteiger partial charge is 0.388 e. The molecule has 5 heteroatoms. The molecule has 1 aliphatic rings. The van der Waals surface area contributed by atoms with Crippen LogP contribution in [0.4, 0.5) is 0 Å². The number of rotatable bonds is 5. The number of aliphatic hydroxyl groups excluding tert-OH is 1. The van der Waals surface area contributed by atoms with Crippen LogP contribution in [0.2, 0.25) is 0 Å². The Kier molecular flexibility index (Phi) is 5.41. The van der Waals surface area contributed by atoms with Crippen LogP contribution < -0.4 is 0 Å². The molecule has 118 valence electrons. The lowest BCUT2D eigenvalue weighted by molar-refractivity contribution is 0.0856. The molecule has 0 spiro atoms. The summed E-state index contributed by atoms with van der Waals surface area (Å²) in [4.78, 5) is 0. The van der Waals surface area contributed by atoms with Crippen LogP contribution in [0.3, 0.4) is 0 Å². The van der Waals surface area contributed by atoms with Gasteiger partial charge in [-0.25, -0.2) is 8.42 Å². The van der Waals surface area contributed by atoms with Gasteiger partial charge >= 0.3 is 0 Å². The van der Waals surface area contributed by atoms with E-state index in [4.69, 9.17) is 4.74 Å². The molecule has 1 aliphatic carbocycles. The fourth-order valence-electron chi connectivity index (χ4n) is 3.11. The normalized spacial score (nSPS) is 24.7. The second-order valence-electron chi connectivity index (χ2n) is 6.00. The van der Waals surface area contributed by atoms with Gasteiger partial charge in [0.2, 0.25) is 0 Å². The maximum absolute atomic E-state index is 11.7. The fourth-order valence-corrected chi connectivity index (χ4v) is 4.30. The van der Waals surface area contributed by atoms with E-state index in [1.165, 1.54) is 6.26 Å². The minimum atomic E-state index is -3.02. The van der Waals surface area contributed by atoms with Crippen molar-refractivity contribution in [1.29, 1.82) is 0 Å². The van der Waals surface area contributed by atoms with Crippen molar-refractivity contribution < 1.29 is 18.3 Å². The van der Waals surface area contributed by atoms with Gasteiger partial charge in [0.05, 0.1) is 18.0 Å². The van der Waals surface area contributed by atoms with Gasteiger partial charge in [-0.2, -0.15) is 0 Å². The highest BCUT2D eigenvalue weighted by Gasteiger charge is 2.32. The van der Waals surface area contributed by atoms with E-state index < -0.39 is 15.9 Å². The van der Waals surface area contributed by atoms with E-state index in [0.717, 1.165) is 30.4 Å². The smallest absolute Gasteiger partial charge is 0.150 e. The highest BCUT2D eigenvalue weighted by Crippen LogP contribution is 2.36. The summed E-state index contributed by atoms with van der Waals surface area (Å²) in [6, 6.07) is 7.70. The summed E-state index contributed by atoms with van der Waals surface area (Å²) >= 11 is 0. The van der Waals surface area contributed by atoms with Crippen LogP contribution in [-0.2, 0) is 21.2 Å². The first-order valence-corrected chi connectivity index (χ1v) is 9.32. The van der Waals surface area contributed by atoms with Crippen LogP contribution in [0.25, 0.3) is 0 Å². The standard InChI is InChI=1S/C16H24O4S/c1-20-11-12-6-8-13(9-7-12)16(17)14-4-3-5-15(10-14)21(2,18)19/h6-9,14-17H,3-5,10-11H2,1-2H3. The first-order valence-electron chi connectivity index (χ1n) is 7.36. The zero-order valence-electron chi connectivity index (χ0n) is 12.7. The van der Waals surface area contributed by atoms with Crippen LogP contribution in [0, 0.1) is 5.92 Å². The van der Waals surface area contributed by atoms with Gasteiger partial charge in [0.15, 0.2) is 0 Å². The Morgan fingerprint density at radius 2 is 1.95 bits per heavy atom. The van der Waals surface area contributed by atoms with Crippen molar-refractivity contribution >= 4 is 9.84 Å². The van der Waals surface area contributed by atoms with Gasteiger partial charge in [-0.15, -0.1) is 0 Å². The van der Waals surface area contributed by atoms with E-state index in [2.05, 4.69) is 0 Å². The molecule has 0 amide bonds. The van der Waals surface area contributed by atoms with E-state index in [0.29, 0.717) is 13.0 Å². The molecule has 0 heterocycles. The van der Waals surface area contributed by atoms with Gasteiger partial charge in [0.25, 0.3) is 0 Å². The first-order chi connectivity index (χ1) is 9.91. The number of ether oxygens (including phenoxy) is 1. The summed E-state index contributed by atoms with van der Waals surface area (Å²) in [7, 11) is -1.37. The lowest BCUT2D eigenvalue weighted by Crippen LogP contribution is -2.30. The zero-order chi connectivity index (χ0) is 15.5. The van der Waals surface area contributed by atoms with Gasteiger partial charge in [-0.05, 0) is 36.3 Å². The topological polar surface area (TPSA) is 63.6 Å². The highest BCUT2D eigenvalue weighted by molar-refractivity contribution is 7.91. The third kappa shape index (κ3) is 4.28. The minimum absolute atomic E-state index is 0.0201. The number of hydrogen-bond acceptors (Lipinski definition) is 4. The molecule has 1 aromatic carbocycles. The summed E-state index contributed by atoms with van der Waals surface area (Å²) in [5.74, 6) is 0.0201. The molecular weight excluding hydrogens is 288 g/mol. The molecule has 1 saturated carbocycles. The molecule has 3 unspecified atom stereocenters. The van der Waals surface area contributed by atoms with Crippen LogP contribution in [-0.4, -0.2) is 32.1 Å². The molecular formula is C16H24O4S. The van der Waals surface area contributed by atoms with Gasteiger partial charge in [0.1, 0.15) is 9.84 Å². The summed E-state index contributed by atoms with van der Waals surface area (Å²) in [5.41, 5.74) is 1.92. The maximum atomic E-state index is 11.7. The second kappa shape index (κ2) is 6.90. The Morgan fingerprint density at radius 3 is 2.52 bits per heavy atom. The maximum Gasteiger partial charge on any atom is 0.150 e. The Hall–Kier alpha value is -0.910. The predicted molar refractivity (Wildman–Crippen MR) is 82.7 cm³/mol. The third-order valence-electron chi connectivity index (χ3n) is 4.35. The molecule has 0 saturated heterocycles. The Morgan fingerprint density at radius 1 is 1.29 bits per heavy atom. The summed E-state index contributed by atoms with van der Waals surface area (Å²) in [5, 5.41) is 10.2. The van der Waals surface area contributed by atoms with Crippen LogP contribution in [0.1, 0.15) is 42.9 Å². The van der Waals surface area contributed by atoms with E-state index in [-0.39, 0.29) is 11.2 Å². The Labute approximate surface area is 127 Å². The van der Waals surface area contributed by atoms with Gasteiger partial charge < -0.3 is 9.84 Å². The molecule has 1 aromatic rings. The lowest BCUT2D eigenvalue weighted by atomic mass is 9.82. The lowest BCUT2D eigenvalue weighted by Gasteiger charge is -2.31. The monoisotopic (exact) mass is 312 g/mol. The van der Waals surface area contributed by atoms with Crippen molar-refractivity contribution in [3.63, 3.8) is 0 Å². The van der Waals surface area contributed by atoms with Crippen LogP contribution in [0.5, 0.6) is 0 Å². The highest BCUT2D eigenvalue weighted by atomic mass is 32.2. The van der Waals surface area contributed by atoms with E-state index in [1.807, 2.05) is 24.3 Å². The van der Waals surface area contributed by atoms with Crippen molar-refractivity contribution in [2.24, 2.45) is 5.92 Å². The molecule has 2 rings (SSSR count). The van der Waals surface area contributed by atoms with Crippen molar-refractivity contribution in [2.75, 3.05) is 13.4 Å². The van der Waals surface area contributed by atoms with Gasteiger partial charge in [0, 0.05) is 13.4 Å². The average molecular weight is 312 g/mol. The van der Waals surface area contributed by atoms with Crippen molar-refractivity contribution in [3.05, 3.63) is 35.4 Å². The summed E-state index contributed by atoms with van der Waals surface area (Å²) in [6.07, 6.45) is 3.72. The van der Waals surface area contributed by atoms with Crippen LogP contribution in [0.15, 0.2) is 24.3 Å². The molecule has 3 atom stereocenters. The van der Waals surface area contributed by atoms with Crippen molar-refractivity contribution in [3.8, 4) is 0 Å². The third-order valence-corrected chi connectivity index (χ3v) is 5.99. The molecule has 4 nitrogen and oxygen atoms in total. The van der Waals surface area contributed by atoms with E-state index >= 15 is 0 Å². The number of benzene rings is 1. The predicted octanol–water partition coefficient (Wildman–Crippen LogP) is 2.47. The SMILES string of the molecule is COCc1ccc(C(O)C2CCCC(S(C)(=O)=O)C2)cc1. The number of methoxy groups -OCH3 is 1. The minimum Gasteiger partial charge on any atom is -0.388 e. The Bertz CT molecular complexity index is 550. The second-order valence-corrected chi connectivity index (χ2v) is 8.32. The molecule has 1 fully saturated rings. The summed E-state index contributed by atoms with van der Waals surface area (Å²) < 4.78 is 28.5. The van der Waals surface area contributed by atoms with Gasteiger partial charge in [-0.1, -0.05) is 30.7 Å². The number of sulfone groups is 1. The number of hydrogen-bond donors (Lipinski definition) is 1. The average Bonchev–Trinajstić information content (AvgIpc) is 2.47. The van der Waals surface area contributed by atoms with Gasteiger partial charge in [-0.3, -0.25) is 0 Å². The molecule has 1 N–H and O–H groups in total. The zero-order valence-corrected chi connectivity index (χ0v) is 13.5. The van der Waals surface area contributed by atoms with E-state index in [1.54, 1.807) is 7.11 Å². The van der Waals surface area contributed by atoms with Crippen molar-refractivity contribution in [2.45, 2.75) is 43.6 Å². The molecule has 0 aromatic heterocycles. The Balaban J connectivity index is 2.06.